The zero-order valence-corrected chi connectivity index (χ0v) is 21.7. The Morgan fingerprint density at radius 2 is 1.43 bits per heavy atom. The van der Waals surface area contributed by atoms with E-state index in [-0.39, 0.29) is 5.69 Å². The van der Waals surface area contributed by atoms with Gasteiger partial charge in [-0.15, -0.1) is 0 Å². The molecule has 3 aromatic carbocycles. The number of carbonyl (C=O) groups excluding carboxylic acids is 1. The maximum Gasteiger partial charge on any atom is 0.255 e. The summed E-state index contributed by atoms with van der Waals surface area (Å²) in [7, 11) is 1.92. The molecular formula is C27H28N2O7S. The smallest absolute Gasteiger partial charge is 0.255 e. The number of methoxy groups -OCH3 is 4. The SMILES string of the molecule is COc1cc(OC)c(/C=C/S(=O)(=O)Nc2ccc(OC)c(NC(=O)C=Cc3ccccc3)c2)c(OC)c1. The van der Waals surface area contributed by atoms with E-state index in [1.165, 1.54) is 52.7 Å². The van der Waals surface area contributed by atoms with Crippen molar-refractivity contribution >= 4 is 39.5 Å². The average Bonchev–Trinajstić information content (AvgIpc) is 2.90. The van der Waals surface area contributed by atoms with Crippen LogP contribution in [0.15, 0.2) is 72.1 Å². The summed E-state index contributed by atoms with van der Waals surface area (Å²) in [6.07, 6.45) is 4.41. The summed E-state index contributed by atoms with van der Waals surface area (Å²) < 4.78 is 49.3. The van der Waals surface area contributed by atoms with Crippen molar-refractivity contribution in [3.8, 4) is 23.0 Å². The standard InChI is InChI=1S/C27H28N2O7S/c1-33-21-17-25(35-3)22(26(18-21)36-4)14-15-37(31,32)29-20-11-12-24(34-2)23(16-20)28-27(30)13-10-19-8-6-5-7-9-19/h5-18,29H,1-4H3,(H,28,30)/b13-10?,15-14+. The van der Waals surface area contributed by atoms with Gasteiger partial charge in [-0.1, -0.05) is 30.3 Å². The van der Waals surface area contributed by atoms with Crippen LogP contribution in [-0.4, -0.2) is 42.8 Å². The molecule has 0 heterocycles. The third-order valence-electron chi connectivity index (χ3n) is 5.11. The Balaban J connectivity index is 1.80. The first kappa shape index (κ1) is 27.2. The van der Waals surface area contributed by atoms with Crippen LogP contribution in [-0.2, 0) is 14.8 Å². The summed E-state index contributed by atoms with van der Waals surface area (Å²) >= 11 is 0. The Labute approximate surface area is 216 Å². The van der Waals surface area contributed by atoms with Gasteiger partial charge in [-0.25, -0.2) is 8.42 Å². The molecule has 2 N–H and O–H groups in total. The van der Waals surface area contributed by atoms with Crippen LogP contribution in [0, 0.1) is 0 Å². The van der Waals surface area contributed by atoms with Gasteiger partial charge >= 0.3 is 0 Å². The molecule has 0 atom stereocenters. The Morgan fingerprint density at radius 3 is 2.03 bits per heavy atom. The molecule has 1 amide bonds. The first-order chi connectivity index (χ1) is 17.8. The van der Waals surface area contributed by atoms with Gasteiger partial charge in [0.05, 0.1) is 50.8 Å². The Hall–Kier alpha value is -4.44. The fourth-order valence-electron chi connectivity index (χ4n) is 3.33. The molecule has 0 aromatic heterocycles. The molecule has 0 unspecified atom stereocenters. The van der Waals surface area contributed by atoms with Crippen molar-refractivity contribution in [2.45, 2.75) is 0 Å². The van der Waals surface area contributed by atoms with Crippen molar-refractivity contribution in [1.82, 2.24) is 0 Å². The average molecular weight is 525 g/mol. The zero-order valence-electron chi connectivity index (χ0n) is 20.8. The van der Waals surface area contributed by atoms with Gasteiger partial charge in [0, 0.05) is 18.2 Å². The zero-order chi connectivity index (χ0) is 26.8. The molecule has 0 aliphatic rings. The molecule has 0 fully saturated rings. The molecule has 0 saturated carbocycles. The van der Waals surface area contributed by atoms with Crippen molar-refractivity contribution in [1.29, 1.82) is 0 Å². The van der Waals surface area contributed by atoms with Gasteiger partial charge in [-0.05, 0) is 35.9 Å². The highest BCUT2D eigenvalue weighted by Gasteiger charge is 2.14. The van der Waals surface area contributed by atoms with Crippen LogP contribution in [0.5, 0.6) is 23.0 Å². The fourth-order valence-corrected chi connectivity index (χ4v) is 4.17. The van der Waals surface area contributed by atoms with Crippen molar-refractivity contribution < 1.29 is 32.2 Å². The van der Waals surface area contributed by atoms with Gasteiger partial charge < -0.3 is 24.3 Å². The van der Waals surface area contributed by atoms with E-state index in [2.05, 4.69) is 10.0 Å². The minimum atomic E-state index is -3.95. The number of sulfonamides is 1. The molecule has 0 radical (unpaired) electrons. The molecule has 0 aliphatic heterocycles. The predicted molar refractivity (Wildman–Crippen MR) is 145 cm³/mol. The third-order valence-corrected chi connectivity index (χ3v) is 6.13. The fraction of sp³-hybridized carbons (Fsp3) is 0.148. The number of carbonyl (C=O) groups is 1. The number of rotatable bonds is 11. The van der Waals surface area contributed by atoms with Crippen LogP contribution < -0.4 is 29.0 Å². The van der Waals surface area contributed by atoms with Crippen LogP contribution in [0.3, 0.4) is 0 Å². The summed E-state index contributed by atoms with van der Waals surface area (Å²) in [4.78, 5) is 12.4. The number of amides is 1. The minimum Gasteiger partial charge on any atom is -0.496 e. The summed E-state index contributed by atoms with van der Waals surface area (Å²) in [6.45, 7) is 0. The minimum absolute atomic E-state index is 0.224. The predicted octanol–water partition coefficient (Wildman–Crippen LogP) is 4.79. The van der Waals surface area contributed by atoms with Crippen LogP contribution in [0.2, 0.25) is 0 Å². The Kier molecular flexibility index (Phi) is 9.17. The van der Waals surface area contributed by atoms with E-state index in [1.54, 1.807) is 24.3 Å². The summed E-state index contributed by atoms with van der Waals surface area (Å²) in [5.74, 6) is 1.22. The topological polar surface area (TPSA) is 112 Å². The Morgan fingerprint density at radius 1 is 0.784 bits per heavy atom. The van der Waals surface area contributed by atoms with Gasteiger partial charge in [-0.3, -0.25) is 9.52 Å². The van der Waals surface area contributed by atoms with Crippen LogP contribution in [0.4, 0.5) is 11.4 Å². The summed E-state index contributed by atoms with van der Waals surface area (Å²) in [5.41, 5.74) is 1.81. The lowest BCUT2D eigenvalue weighted by molar-refractivity contribution is -0.111. The highest BCUT2D eigenvalue weighted by Crippen LogP contribution is 2.35. The second kappa shape index (κ2) is 12.5. The number of ether oxygens (including phenoxy) is 4. The molecule has 3 rings (SSSR count). The quantitative estimate of drug-likeness (QED) is 0.347. The van der Waals surface area contributed by atoms with Gasteiger partial charge in [0.2, 0.25) is 5.91 Å². The number of benzene rings is 3. The van der Waals surface area contributed by atoms with E-state index in [0.29, 0.717) is 34.2 Å². The van der Waals surface area contributed by atoms with Gasteiger partial charge in [-0.2, -0.15) is 0 Å². The monoisotopic (exact) mass is 524 g/mol. The Bertz CT molecular complexity index is 1380. The lowest BCUT2D eigenvalue weighted by Crippen LogP contribution is -2.12. The van der Waals surface area contributed by atoms with E-state index < -0.39 is 15.9 Å². The van der Waals surface area contributed by atoms with Crippen LogP contribution in [0.25, 0.3) is 12.2 Å². The second-order valence-electron chi connectivity index (χ2n) is 7.54. The lowest BCUT2D eigenvalue weighted by Gasteiger charge is -2.13. The van der Waals surface area contributed by atoms with Crippen LogP contribution in [0.1, 0.15) is 11.1 Å². The molecule has 9 nitrogen and oxygen atoms in total. The molecule has 10 heteroatoms. The number of anilines is 2. The summed E-state index contributed by atoms with van der Waals surface area (Å²) in [6, 6.07) is 17.1. The molecule has 37 heavy (non-hydrogen) atoms. The van der Waals surface area contributed by atoms with Gasteiger partial charge in [0.15, 0.2) is 0 Å². The van der Waals surface area contributed by atoms with Gasteiger partial charge in [0.1, 0.15) is 23.0 Å². The molecule has 0 bridgehead atoms. The van der Waals surface area contributed by atoms with Crippen molar-refractivity contribution in [2.75, 3.05) is 38.5 Å². The number of hydrogen-bond acceptors (Lipinski definition) is 7. The van der Waals surface area contributed by atoms with Gasteiger partial charge in [0.25, 0.3) is 10.0 Å². The first-order valence-electron chi connectivity index (χ1n) is 11.0. The second-order valence-corrected chi connectivity index (χ2v) is 9.11. The van der Waals surface area contributed by atoms with E-state index in [9.17, 15) is 13.2 Å². The normalized spacial score (nSPS) is 11.4. The van der Waals surface area contributed by atoms with Crippen molar-refractivity contribution in [3.63, 3.8) is 0 Å². The molecular weight excluding hydrogens is 496 g/mol. The number of hydrogen-bond donors (Lipinski definition) is 2. The largest absolute Gasteiger partial charge is 0.496 e. The summed E-state index contributed by atoms with van der Waals surface area (Å²) in [5, 5.41) is 3.70. The highest BCUT2D eigenvalue weighted by atomic mass is 32.2. The maximum absolute atomic E-state index is 12.8. The lowest BCUT2D eigenvalue weighted by atomic mass is 10.1. The number of nitrogens with one attached hydrogen (secondary N) is 2. The molecule has 0 saturated heterocycles. The van der Waals surface area contributed by atoms with Crippen LogP contribution >= 0.6 is 0 Å². The van der Waals surface area contributed by atoms with E-state index >= 15 is 0 Å². The maximum atomic E-state index is 12.8. The third kappa shape index (κ3) is 7.52. The first-order valence-corrected chi connectivity index (χ1v) is 12.6. The molecule has 194 valence electrons. The highest BCUT2D eigenvalue weighted by molar-refractivity contribution is 7.95. The van der Waals surface area contributed by atoms with E-state index in [1.807, 2.05) is 30.3 Å². The van der Waals surface area contributed by atoms with Crippen molar-refractivity contribution in [3.05, 3.63) is 83.3 Å². The molecule has 0 aliphatic carbocycles. The van der Waals surface area contributed by atoms with Crippen molar-refractivity contribution in [2.24, 2.45) is 0 Å². The molecule has 0 spiro atoms. The molecule has 3 aromatic rings. The van der Waals surface area contributed by atoms with E-state index in [0.717, 1.165) is 11.0 Å². The van der Waals surface area contributed by atoms with E-state index in [4.69, 9.17) is 18.9 Å².